The van der Waals surface area contributed by atoms with Crippen LogP contribution in [0.25, 0.3) is 16.0 Å². The molecule has 0 spiro atoms. The molecule has 0 saturated heterocycles. The number of aryl methyl sites for hydroxylation is 4. The van der Waals surface area contributed by atoms with Gasteiger partial charge in [0.25, 0.3) is 20.2 Å². The van der Waals surface area contributed by atoms with Crippen molar-refractivity contribution >= 4 is 68.3 Å². The van der Waals surface area contributed by atoms with Crippen LogP contribution in [0.4, 0.5) is 0 Å². The van der Waals surface area contributed by atoms with Gasteiger partial charge in [0.1, 0.15) is 40.3 Å². The molecule has 15 nitrogen and oxygen atoms in total. The van der Waals surface area contributed by atoms with Crippen LogP contribution in [0, 0.1) is 27.7 Å². The molecule has 0 saturated carbocycles. The van der Waals surface area contributed by atoms with E-state index in [2.05, 4.69) is 79.0 Å². The molecule has 0 aliphatic carbocycles. The minimum Gasteiger partial charge on any atom is -0.497 e. The van der Waals surface area contributed by atoms with Gasteiger partial charge in [-0.2, -0.15) is 28.6 Å². The topological polar surface area (TPSA) is 223 Å². The van der Waals surface area contributed by atoms with Crippen molar-refractivity contribution < 1.29 is 66.5 Å². The van der Waals surface area contributed by atoms with E-state index in [4.69, 9.17) is 23.7 Å². The maximum atomic E-state index is 14.2. The number of thioether (sulfide) groups is 2. The van der Waals surface area contributed by atoms with E-state index < -0.39 is 56.5 Å². The predicted molar refractivity (Wildman–Crippen MR) is 400 cm³/mol. The van der Waals surface area contributed by atoms with Gasteiger partial charge in [-0.1, -0.05) is 95.5 Å². The van der Waals surface area contributed by atoms with Gasteiger partial charge >= 0.3 is 0 Å². The molecular weight excluding hydrogens is 1370 g/mol. The molecule has 2 N–H and O–H groups in total. The third-order valence-corrected chi connectivity index (χ3v) is 24.8. The second-order valence-electron chi connectivity index (χ2n) is 25.3. The van der Waals surface area contributed by atoms with E-state index in [0.29, 0.717) is 69.7 Å². The van der Waals surface area contributed by atoms with Gasteiger partial charge in [0.2, 0.25) is 19.7 Å². The quantitative estimate of drug-likeness (QED) is 0.0163. The zero-order chi connectivity index (χ0) is 72.1. The Morgan fingerprint density at radius 1 is 0.515 bits per heavy atom. The molecule has 0 atom stereocenters. The molecule has 8 aromatic carbocycles. The summed E-state index contributed by atoms with van der Waals surface area (Å²) in [5.74, 6) is 3.97. The summed E-state index contributed by atoms with van der Waals surface area (Å²) in [4.78, 5) is 1.08. The number of hydrogen-bond donors (Lipinski definition) is 2. The van der Waals surface area contributed by atoms with Gasteiger partial charge in [-0.3, -0.25) is 9.11 Å². The number of methoxy groups -OCH3 is 1. The molecule has 0 fully saturated rings. The molecule has 0 aliphatic rings. The van der Waals surface area contributed by atoms with Crippen LogP contribution in [0.3, 0.4) is 0 Å². The number of unbranched alkanes of at least 4 members (excludes halogenated alkanes) is 3. The fourth-order valence-electron chi connectivity index (χ4n) is 11.5. The molecule has 0 amide bonds. The van der Waals surface area contributed by atoms with E-state index in [1.165, 1.54) is 54.9 Å². The highest BCUT2D eigenvalue weighted by Gasteiger charge is 2.30. The summed E-state index contributed by atoms with van der Waals surface area (Å²) in [6.45, 7) is 27.6. The summed E-state index contributed by atoms with van der Waals surface area (Å²) in [5, 5.41) is 0. The smallest absolute Gasteiger partial charge is 0.265 e. The van der Waals surface area contributed by atoms with E-state index in [1.54, 1.807) is 66.7 Å². The summed E-state index contributed by atoms with van der Waals surface area (Å²) < 4.78 is 151. The average Bonchev–Trinajstić information content (AvgIpc) is 0.785. The first-order valence-electron chi connectivity index (χ1n) is 32.4. The Hall–Kier alpha value is -7.60. The molecule has 0 radical (unpaired) electrons. The van der Waals surface area contributed by atoms with Gasteiger partial charge in [-0.25, -0.2) is 16.8 Å². The standard InChI is InChI=1S/C78H88O15S6/c1-13-64(14-2)90-40-17-15-16-18-41-91-74-39-23-61(51-72(74)57(7)95-43-45-97(82,83)84)77(8,9)60-22-38-73(59(50-60)52-94-42-19-44-96(79,80)81)92-66-26-34-70(35-27-66)99(87,88)71-36-28-67(29-37-71)93-76-55(5)48-63(49-56(76)6)78(10,11)62-46-53(3)75(54(4)47-62)58-20-30-68(31-21-58)98(85,86)69-32-24-65(89-12)25-33-69/h13-14,20-39,46-51H,1,7,15-19,40-45,52H2,2-6,8-12H3,(H,79,80,81)(H,82,83,84)/b64-14-. The number of ether oxygens (including phenoxy) is 5. The van der Waals surface area contributed by atoms with Crippen molar-refractivity contribution in [3.63, 3.8) is 0 Å². The van der Waals surface area contributed by atoms with Gasteiger partial charge in [-0.05, 0) is 243 Å². The minimum atomic E-state index is -4.20. The summed E-state index contributed by atoms with van der Waals surface area (Å²) >= 11 is 2.68. The first-order valence-corrected chi connectivity index (χ1v) is 40.7. The molecular formula is C78H88O15S6. The van der Waals surface area contributed by atoms with E-state index in [9.17, 15) is 42.8 Å². The zero-order valence-corrected chi connectivity index (χ0v) is 62.6. The molecule has 0 aromatic heterocycles. The van der Waals surface area contributed by atoms with Crippen LogP contribution in [0.2, 0.25) is 0 Å². The molecule has 0 bridgehead atoms. The van der Waals surface area contributed by atoms with E-state index in [1.807, 2.05) is 75.4 Å². The van der Waals surface area contributed by atoms with Crippen molar-refractivity contribution in [3.8, 4) is 45.6 Å². The molecule has 0 heterocycles. The van der Waals surface area contributed by atoms with E-state index in [-0.39, 0.29) is 37.5 Å². The highest BCUT2D eigenvalue weighted by atomic mass is 32.2. The Morgan fingerprint density at radius 2 is 0.980 bits per heavy atom. The lowest BCUT2D eigenvalue weighted by Crippen LogP contribution is -2.20. The summed E-state index contributed by atoms with van der Waals surface area (Å²) in [6, 6.07) is 46.1. The van der Waals surface area contributed by atoms with Gasteiger partial charge in [0.05, 0.1) is 51.4 Å². The van der Waals surface area contributed by atoms with Crippen molar-refractivity contribution in [1.29, 1.82) is 0 Å². The minimum absolute atomic E-state index is 0.0490. The first kappa shape index (κ1) is 77.1. The lowest BCUT2D eigenvalue weighted by molar-refractivity contribution is 0.214. The molecule has 0 aliphatic heterocycles. The predicted octanol–water partition coefficient (Wildman–Crippen LogP) is 18.6. The molecule has 8 aromatic rings. The fraction of sp³-hybridized carbons (Fsp3) is 0.308. The van der Waals surface area contributed by atoms with Crippen molar-refractivity contribution in [2.24, 2.45) is 0 Å². The van der Waals surface area contributed by atoms with Gasteiger partial charge in [0.15, 0.2) is 0 Å². The summed E-state index contributed by atoms with van der Waals surface area (Å²) in [5.41, 5.74) is 10.2. The molecule has 99 heavy (non-hydrogen) atoms. The third-order valence-electron chi connectivity index (χ3n) is 17.4. The SMILES string of the molecule is C=C/C(=C/C)OCCCCCCOc1ccc(C(C)(C)c2ccc(Oc3ccc(S(=O)(=O)c4ccc(Oc5c(C)cc(C(C)(C)c6cc(C)c(-c7ccc(S(=O)(=O)c8ccc(OC)cc8)cc7)c(C)c6)cc5C)cc4)cc3)c(CSCCCS(=O)(=O)O)c2)cc1C(=C)SCCS(=O)(=O)O. The number of allylic oxidation sites excluding steroid dienone is 2. The van der Waals surface area contributed by atoms with E-state index in [0.717, 1.165) is 92.6 Å². The Morgan fingerprint density at radius 3 is 1.48 bits per heavy atom. The number of hydrogen-bond acceptors (Lipinski definition) is 15. The highest BCUT2D eigenvalue weighted by molar-refractivity contribution is 8.08. The third kappa shape index (κ3) is 20.1. The van der Waals surface area contributed by atoms with Crippen molar-refractivity contribution in [1.82, 2.24) is 0 Å². The lowest BCUT2D eigenvalue weighted by Gasteiger charge is -2.29. The van der Waals surface area contributed by atoms with Crippen molar-refractivity contribution in [3.05, 3.63) is 244 Å². The highest BCUT2D eigenvalue weighted by Crippen LogP contribution is 2.44. The fourth-order valence-corrected chi connectivity index (χ4v) is 17.4. The van der Waals surface area contributed by atoms with Crippen LogP contribution in [0.5, 0.6) is 34.5 Å². The Labute approximate surface area is 594 Å². The number of benzene rings is 8. The zero-order valence-electron chi connectivity index (χ0n) is 57.7. The van der Waals surface area contributed by atoms with Gasteiger partial charge in [-0.15, -0.1) is 11.8 Å². The largest absolute Gasteiger partial charge is 0.497 e. The average molecular weight is 1460 g/mol. The van der Waals surface area contributed by atoms with Crippen LogP contribution in [-0.2, 0) is 61.2 Å². The monoisotopic (exact) mass is 1460 g/mol. The van der Waals surface area contributed by atoms with Crippen LogP contribution in [0.1, 0.15) is 122 Å². The van der Waals surface area contributed by atoms with Crippen LogP contribution in [-0.4, -0.2) is 86.1 Å². The van der Waals surface area contributed by atoms with Gasteiger partial charge < -0.3 is 23.7 Å². The molecule has 21 heteroatoms. The maximum absolute atomic E-state index is 14.2. The lowest BCUT2D eigenvalue weighted by atomic mass is 9.75. The van der Waals surface area contributed by atoms with Crippen LogP contribution in [0.15, 0.2) is 208 Å². The maximum Gasteiger partial charge on any atom is 0.265 e. The van der Waals surface area contributed by atoms with Crippen molar-refractivity contribution in [2.75, 3.05) is 43.3 Å². The molecule has 0 unspecified atom stereocenters. The normalized spacial score (nSPS) is 12.5. The summed E-state index contributed by atoms with van der Waals surface area (Å²) in [7, 11) is -14.6. The Balaban J connectivity index is 0.950. The van der Waals surface area contributed by atoms with Crippen LogP contribution >= 0.6 is 23.5 Å². The van der Waals surface area contributed by atoms with Crippen molar-refractivity contribution in [2.45, 2.75) is 131 Å². The number of sulfone groups is 2. The first-order chi connectivity index (χ1) is 46.7. The second-order valence-corrected chi connectivity index (χ2v) is 34.7. The Bertz CT molecular complexity index is 4650. The summed E-state index contributed by atoms with van der Waals surface area (Å²) in [6.07, 6.45) is 7.32. The van der Waals surface area contributed by atoms with Gasteiger partial charge in [0, 0.05) is 38.4 Å². The molecule has 8 rings (SSSR count). The molecule has 526 valence electrons. The second kappa shape index (κ2) is 33.3. The Kier molecular flexibility index (Phi) is 25.9. The van der Waals surface area contributed by atoms with Crippen LogP contribution < -0.4 is 18.9 Å². The van der Waals surface area contributed by atoms with E-state index >= 15 is 0 Å². The number of rotatable bonds is 35.